The maximum absolute atomic E-state index is 11.9. The number of carbonyl (C=O) groups is 1. The van der Waals surface area contributed by atoms with E-state index in [2.05, 4.69) is 0 Å². The molecule has 2 aliphatic rings. The SMILES string of the molecule is O=C(C1CCCO1)N(CCO)C1CC1. The fourth-order valence-electron chi connectivity index (χ4n) is 1.92. The average molecular weight is 199 g/mol. The van der Waals surface area contributed by atoms with Gasteiger partial charge in [0, 0.05) is 19.2 Å². The maximum atomic E-state index is 11.9. The van der Waals surface area contributed by atoms with Crippen LogP contribution in [0.4, 0.5) is 0 Å². The van der Waals surface area contributed by atoms with Gasteiger partial charge in [-0.15, -0.1) is 0 Å². The van der Waals surface area contributed by atoms with Gasteiger partial charge in [-0.05, 0) is 25.7 Å². The highest BCUT2D eigenvalue weighted by Gasteiger charge is 2.36. The molecule has 2 fully saturated rings. The smallest absolute Gasteiger partial charge is 0.252 e. The molecule has 1 saturated carbocycles. The molecule has 1 unspecified atom stereocenters. The molecule has 14 heavy (non-hydrogen) atoms. The zero-order chi connectivity index (χ0) is 9.97. The van der Waals surface area contributed by atoms with Crippen LogP contribution in [0.15, 0.2) is 0 Å². The summed E-state index contributed by atoms with van der Waals surface area (Å²) in [5.41, 5.74) is 0. The monoisotopic (exact) mass is 199 g/mol. The van der Waals surface area contributed by atoms with E-state index in [0.717, 1.165) is 25.7 Å². The van der Waals surface area contributed by atoms with Crippen LogP contribution < -0.4 is 0 Å². The average Bonchev–Trinajstić information content (AvgIpc) is 2.88. The number of ether oxygens (including phenoxy) is 1. The largest absolute Gasteiger partial charge is 0.395 e. The van der Waals surface area contributed by atoms with Gasteiger partial charge in [0.2, 0.25) is 0 Å². The van der Waals surface area contributed by atoms with Crippen LogP contribution in [-0.2, 0) is 9.53 Å². The van der Waals surface area contributed by atoms with Crippen LogP contribution in [0, 0.1) is 0 Å². The van der Waals surface area contributed by atoms with Crippen LogP contribution in [0.1, 0.15) is 25.7 Å². The topological polar surface area (TPSA) is 49.8 Å². The normalized spacial score (nSPS) is 26.5. The van der Waals surface area contributed by atoms with E-state index < -0.39 is 0 Å². The number of hydrogen-bond donors (Lipinski definition) is 1. The Morgan fingerprint density at radius 2 is 2.21 bits per heavy atom. The van der Waals surface area contributed by atoms with E-state index in [9.17, 15) is 4.79 Å². The zero-order valence-electron chi connectivity index (χ0n) is 8.32. The third-order valence-corrected chi connectivity index (χ3v) is 2.82. The lowest BCUT2D eigenvalue weighted by atomic mass is 10.2. The van der Waals surface area contributed by atoms with E-state index in [-0.39, 0.29) is 18.6 Å². The van der Waals surface area contributed by atoms with Gasteiger partial charge in [0.15, 0.2) is 0 Å². The molecular weight excluding hydrogens is 182 g/mol. The van der Waals surface area contributed by atoms with Crippen LogP contribution in [-0.4, -0.2) is 47.8 Å². The van der Waals surface area contributed by atoms with Crippen LogP contribution in [0.3, 0.4) is 0 Å². The van der Waals surface area contributed by atoms with Crippen molar-refractivity contribution in [2.75, 3.05) is 19.8 Å². The fourth-order valence-corrected chi connectivity index (χ4v) is 1.92. The number of aliphatic hydroxyl groups is 1. The number of aliphatic hydroxyl groups excluding tert-OH is 1. The first kappa shape index (κ1) is 9.93. The Bertz CT molecular complexity index is 209. The summed E-state index contributed by atoms with van der Waals surface area (Å²) in [4.78, 5) is 13.7. The second-order valence-corrected chi connectivity index (χ2v) is 3.99. The van der Waals surface area contributed by atoms with E-state index in [1.54, 1.807) is 4.90 Å². The molecular formula is C10H17NO3. The van der Waals surface area contributed by atoms with Gasteiger partial charge in [0.1, 0.15) is 6.10 Å². The van der Waals surface area contributed by atoms with Crippen molar-refractivity contribution in [1.82, 2.24) is 4.90 Å². The molecule has 0 bridgehead atoms. The van der Waals surface area contributed by atoms with Crippen molar-refractivity contribution < 1.29 is 14.6 Å². The van der Waals surface area contributed by atoms with Gasteiger partial charge in [-0.2, -0.15) is 0 Å². The summed E-state index contributed by atoms with van der Waals surface area (Å²) in [5, 5.41) is 8.87. The quantitative estimate of drug-likeness (QED) is 0.701. The summed E-state index contributed by atoms with van der Waals surface area (Å²) in [6, 6.07) is 0.374. The minimum absolute atomic E-state index is 0.0506. The maximum Gasteiger partial charge on any atom is 0.252 e. The predicted octanol–water partition coefficient (Wildman–Crippen LogP) is 0.149. The molecule has 0 aromatic carbocycles. The van der Waals surface area contributed by atoms with Crippen molar-refractivity contribution in [3.05, 3.63) is 0 Å². The van der Waals surface area contributed by atoms with Gasteiger partial charge in [-0.25, -0.2) is 0 Å². The second-order valence-electron chi connectivity index (χ2n) is 3.99. The lowest BCUT2D eigenvalue weighted by molar-refractivity contribution is -0.142. The first-order valence-electron chi connectivity index (χ1n) is 5.36. The minimum atomic E-state index is -0.234. The number of nitrogens with zero attached hydrogens (tertiary/aromatic N) is 1. The van der Waals surface area contributed by atoms with Crippen LogP contribution in [0.2, 0.25) is 0 Å². The second kappa shape index (κ2) is 4.28. The van der Waals surface area contributed by atoms with Gasteiger partial charge in [-0.3, -0.25) is 4.79 Å². The summed E-state index contributed by atoms with van der Waals surface area (Å²) in [5.74, 6) is 0.0825. The standard InChI is InChI=1S/C10H17NO3/c12-6-5-11(8-3-4-8)10(13)9-2-1-7-14-9/h8-9,12H,1-7H2. The highest BCUT2D eigenvalue weighted by atomic mass is 16.5. The molecule has 80 valence electrons. The number of hydrogen-bond acceptors (Lipinski definition) is 3. The van der Waals surface area contributed by atoms with Crippen molar-refractivity contribution >= 4 is 5.91 Å². The van der Waals surface area contributed by atoms with E-state index in [1.807, 2.05) is 0 Å². The first-order valence-corrected chi connectivity index (χ1v) is 5.36. The van der Waals surface area contributed by atoms with Crippen LogP contribution >= 0.6 is 0 Å². The third-order valence-electron chi connectivity index (χ3n) is 2.82. The summed E-state index contributed by atoms with van der Waals surface area (Å²) >= 11 is 0. The van der Waals surface area contributed by atoms with Crippen LogP contribution in [0.25, 0.3) is 0 Å². The zero-order valence-corrected chi connectivity index (χ0v) is 8.32. The Hall–Kier alpha value is -0.610. The summed E-state index contributed by atoms with van der Waals surface area (Å²) in [6.45, 7) is 1.21. The van der Waals surface area contributed by atoms with Gasteiger partial charge >= 0.3 is 0 Å². The van der Waals surface area contributed by atoms with E-state index >= 15 is 0 Å². The molecule has 4 heteroatoms. The van der Waals surface area contributed by atoms with E-state index in [0.29, 0.717) is 19.2 Å². The molecule has 2 rings (SSSR count). The Morgan fingerprint density at radius 1 is 1.43 bits per heavy atom. The molecule has 1 heterocycles. The Labute approximate surface area is 83.8 Å². The molecule has 1 N–H and O–H groups in total. The highest BCUT2D eigenvalue weighted by Crippen LogP contribution is 2.28. The van der Waals surface area contributed by atoms with Gasteiger partial charge in [-0.1, -0.05) is 0 Å². The van der Waals surface area contributed by atoms with Crippen molar-refractivity contribution in [3.8, 4) is 0 Å². The lowest BCUT2D eigenvalue weighted by Crippen LogP contribution is -2.42. The van der Waals surface area contributed by atoms with Gasteiger partial charge < -0.3 is 14.7 Å². The van der Waals surface area contributed by atoms with Gasteiger partial charge in [0.05, 0.1) is 6.61 Å². The third kappa shape index (κ3) is 2.07. The summed E-state index contributed by atoms with van der Waals surface area (Å²) in [7, 11) is 0. The Balaban J connectivity index is 1.91. The molecule has 4 nitrogen and oxygen atoms in total. The van der Waals surface area contributed by atoms with Crippen molar-refractivity contribution in [1.29, 1.82) is 0 Å². The van der Waals surface area contributed by atoms with Crippen molar-refractivity contribution in [2.24, 2.45) is 0 Å². The predicted molar refractivity (Wildman–Crippen MR) is 50.8 cm³/mol. The number of amides is 1. The molecule has 1 aliphatic heterocycles. The van der Waals surface area contributed by atoms with Gasteiger partial charge in [0.25, 0.3) is 5.91 Å². The van der Waals surface area contributed by atoms with Crippen molar-refractivity contribution in [2.45, 2.75) is 37.8 Å². The molecule has 0 aromatic heterocycles. The Morgan fingerprint density at radius 3 is 2.71 bits per heavy atom. The number of carbonyl (C=O) groups excluding carboxylic acids is 1. The molecule has 1 saturated heterocycles. The van der Waals surface area contributed by atoms with E-state index in [1.165, 1.54) is 0 Å². The molecule has 0 aromatic rings. The Kier molecular flexibility index (Phi) is 3.03. The molecule has 1 amide bonds. The van der Waals surface area contributed by atoms with Crippen molar-refractivity contribution in [3.63, 3.8) is 0 Å². The minimum Gasteiger partial charge on any atom is -0.395 e. The highest BCUT2D eigenvalue weighted by molar-refractivity contribution is 5.81. The van der Waals surface area contributed by atoms with E-state index in [4.69, 9.17) is 9.84 Å². The fraction of sp³-hybridized carbons (Fsp3) is 0.900. The first-order chi connectivity index (χ1) is 6.83. The summed E-state index contributed by atoms with van der Waals surface area (Å²) < 4.78 is 5.35. The molecule has 1 atom stereocenters. The van der Waals surface area contributed by atoms with Crippen LogP contribution in [0.5, 0.6) is 0 Å². The number of rotatable bonds is 4. The lowest BCUT2D eigenvalue weighted by Gasteiger charge is -2.24. The molecule has 0 spiro atoms. The summed E-state index contributed by atoms with van der Waals surface area (Å²) in [6.07, 6.45) is 3.75. The molecule has 1 aliphatic carbocycles. The molecule has 0 radical (unpaired) electrons.